The summed E-state index contributed by atoms with van der Waals surface area (Å²) in [5.74, 6) is 0.744. The summed E-state index contributed by atoms with van der Waals surface area (Å²) >= 11 is 6.15. The molecular weight excluding hydrogens is 260 g/mol. The van der Waals surface area contributed by atoms with E-state index < -0.39 is 0 Å². The van der Waals surface area contributed by atoms with Gasteiger partial charge in [-0.05, 0) is 23.8 Å². The summed E-state index contributed by atoms with van der Waals surface area (Å²) in [7, 11) is 0. The van der Waals surface area contributed by atoms with Crippen LogP contribution in [-0.4, -0.2) is 14.6 Å². The number of hydrogen-bond acceptors (Lipinski definition) is 3. The molecule has 1 aromatic carbocycles. The number of rotatable bonds is 3. The molecule has 0 fully saturated rings. The lowest BCUT2D eigenvalue weighted by Crippen LogP contribution is -2.04. The molecule has 0 saturated heterocycles. The van der Waals surface area contributed by atoms with E-state index >= 15 is 0 Å². The maximum atomic E-state index is 6.15. The van der Waals surface area contributed by atoms with Gasteiger partial charge in [0.2, 0.25) is 0 Å². The Labute approximate surface area is 115 Å². The highest BCUT2D eigenvalue weighted by Crippen LogP contribution is 2.18. The maximum Gasteiger partial charge on any atom is 0.156 e. The molecule has 0 amide bonds. The predicted octanol–water partition coefficient (Wildman–Crippen LogP) is 2.43. The third kappa shape index (κ3) is 2.32. The van der Waals surface area contributed by atoms with Gasteiger partial charge in [0.1, 0.15) is 0 Å². The third-order valence-electron chi connectivity index (χ3n) is 3.00. The number of nitrogens with zero attached hydrogens (tertiary/aromatic N) is 3. The summed E-state index contributed by atoms with van der Waals surface area (Å²) in [6.45, 7) is 0.437. The highest BCUT2D eigenvalue weighted by Gasteiger charge is 2.08. The van der Waals surface area contributed by atoms with Crippen LogP contribution in [-0.2, 0) is 13.0 Å². The second-order valence-corrected chi connectivity index (χ2v) is 4.69. The van der Waals surface area contributed by atoms with Crippen molar-refractivity contribution in [3.05, 3.63) is 64.6 Å². The molecule has 3 rings (SSSR count). The zero-order chi connectivity index (χ0) is 13.2. The predicted molar refractivity (Wildman–Crippen MR) is 75.1 cm³/mol. The molecule has 2 N–H and O–H groups in total. The van der Waals surface area contributed by atoms with E-state index in [1.807, 2.05) is 42.5 Å². The van der Waals surface area contributed by atoms with Crippen molar-refractivity contribution in [2.24, 2.45) is 5.73 Å². The van der Waals surface area contributed by atoms with E-state index in [1.54, 1.807) is 4.52 Å². The lowest BCUT2D eigenvalue weighted by molar-refractivity contribution is 0.826. The normalized spacial score (nSPS) is 11.1. The Morgan fingerprint density at radius 3 is 2.74 bits per heavy atom. The van der Waals surface area contributed by atoms with Crippen molar-refractivity contribution in [3.63, 3.8) is 0 Å². The Kier molecular flexibility index (Phi) is 3.19. The molecule has 3 aromatic rings. The van der Waals surface area contributed by atoms with Crippen molar-refractivity contribution in [2.45, 2.75) is 13.0 Å². The lowest BCUT2D eigenvalue weighted by atomic mass is 10.1. The molecule has 0 atom stereocenters. The fourth-order valence-electron chi connectivity index (χ4n) is 2.05. The minimum absolute atomic E-state index is 0.437. The van der Waals surface area contributed by atoms with Crippen molar-refractivity contribution in [1.82, 2.24) is 14.6 Å². The molecule has 0 unspecified atom stereocenters. The second-order valence-electron chi connectivity index (χ2n) is 4.29. The molecule has 2 heterocycles. The van der Waals surface area contributed by atoms with Crippen molar-refractivity contribution < 1.29 is 0 Å². The van der Waals surface area contributed by atoms with Crippen LogP contribution in [0.3, 0.4) is 0 Å². The van der Waals surface area contributed by atoms with Gasteiger partial charge in [-0.3, -0.25) is 0 Å². The van der Waals surface area contributed by atoms with Crippen LogP contribution in [0.1, 0.15) is 17.1 Å². The van der Waals surface area contributed by atoms with E-state index in [0.717, 1.165) is 27.8 Å². The van der Waals surface area contributed by atoms with Crippen LogP contribution < -0.4 is 5.73 Å². The number of fused-ring (bicyclic) bond motifs is 1. The van der Waals surface area contributed by atoms with E-state index in [1.165, 1.54) is 0 Å². The highest BCUT2D eigenvalue weighted by atomic mass is 35.5. The van der Waals surface area contributed by atoms with Gasteiger partial charge in [0.25, 0.3) is 0 Å². The molecule has 2 aromatic heterocycles. The number of hydrogen-bond donors (Lipinski definition) is 1. The minimum atomic E-state index is 0.437. The smallest absolute Gasteiger partial charge is 0.156 e. The van der Waals surface area contributed by atoms with Crippen molar-refractivity contribution in [3.8, 4) is 0 Å². The van der Waals surface area contributed by atoms with E-state index in [0.29, 0.717) is 13.0 Å². The van der Waals surface area contributed by atoms with Crippen LogP contribution in [0, 0.1) is 0 Å². The molecule has 0 aliphatic heterocycles. The minimum Gasteiger partial charge on any atom is -0.325 e. The Morgan fingerprint density at radius 1 is 1.11 bits per heavy atom. The second kappa shape index (κ2) is 4.99. The molecule has 0 aliphatic rings. The van der Waals surface area contributed by atoms with E-state index in [2.05, 4.69) is 10.1 Å². The fourth-order valence-corrected chi connectivity index (χ4v) is 2.25. The van der Waals surface area contributed by atoms with Crippen molar-refractivity contribution in [2.75, 3.05) is 0 Å². The standard InChI is InChI=1S/C14H13ClN4/c15-12-6-2-1-4-10(12)8-13-17-14-7-3-5-11(9-16)19(14)18-13/h1-7H,8-9,16H2. The van der Waals surface area contributed by atoms with E-state index in [-0.39, 0.29) is 0 Å². The first-order chi connectivity index (χ1) is 9.28. The average Bonchev–Trinajstić information content (AvgIpc) is 2.83. The fraction of sp³-hybridized carbons (Fsp3) is 0.143. The topological polar surface area (TPSA) is 56.2 Å². The van der Waals surface area contributed by atoms with Crippen LogP contribution in [0.4, 0.5) is 0 Å². The maximum absolute atomic E-state index is 6.15. The van der Waals surface area contributed by atoms with E-state index in [9.17, 15) is 0 Å². The van der Waals surface area contributed by atoms with Gasteiger partial charge in [-0.1, -0.05) is 35.9 Å². The largest absolute Gasteiger partial charge is 0.325 e. The van der Waals surface area contributed by atoms with Gasteiger partial charge in [-0.2, -0.15) is 5.10 Å². The number of nitrogens with two attached hydrogens (primary N) is 1. The molecule has 5 heteroatoms. The van der Waals surface area contributed by atoms with Crippen LogP contribution in [0.15, 0.2) is 42.5 Å². The number of benzene rings is 1. The van der Waals surface area contributed by atoms with Crippen molar-refractivity contribution >= 4 is 17.2 Å². The molecule has 0 saturated carbocycles. The first-order valence-electron chi connectivity index (χ1n) is 6.05. The zero-order valence-electron chi connectivity index (χ0n) is 10.3. The summed E-state index contributed by atoms with van der Waals surface area (Å²) in [6.07, 6.45) is 0.616. The molecule has 19 heavy (non-hydrogen) atoms. The monoisotopic (exact) mass is 272 g/mol. The molecule has 96 valence electrons. The van der Waals surface area contributed by atoms with Crippen LogP contribution in [0.25, 0.3) is 5.65 Å². The quantitative estimate of drug-likeness (QED) is 0.797. The number of pyridine rings is 1. The van der Waals surface area contributed by atoms with Gasteiger partial charge < -0.3 is 5.73 Å². The molecule has 4 nitrogen and oxygen atoms in total. The Morgan fingerprint density at radius 2 is 1.95 bits per heavy atom. The molecular formula is C14H13ClN4. The number of halogens is 1. The Balaban J connectivity index is 2.00. The van der Waals surface area contributed by atoms with Gasteiger partial charge >= 0.3 is 0 Å². The summed E-state index contributed by atoms with van der Waals surface area (Å²) in [5, 5.41) is 5.22. The van der Waals surface area contributed by atoms with Crippen molar-refractivity contribution in [1.29, 1.82) is 0 Å². The summed E-state index contributed by atoms with van der Waals surface area (Å²) < 4.78 is 1.78. The number of aromatic nitrogens is 3. The summed E-state index contributed by atoms with van der Waals surface area (Å²) in [4.78, 5) is 4.50. The van der Waals surface area contributed by atoms with Crippen LogP contribution in [0.5, 0.6) is 0 Å². The van der Waals surface area contributed by atoms with Gasteiger partial charge in [0.05, 0.1) is 5.69 Å². The van der Waals surface area contributed by atoms with Gasteiger partial charge in [0.15, 0.2) is 11.5 Å². The molecule has 0 spiro atoms. The molecule has 0 bridgehead atoms. The lowest BCUT2D eigenvalue weighted by Gasteiger charge is -2.00. The molecule has 0 aliphatic carbocycles. The SMILES string of the molecule is NCc1cccc2nc(Cc3ccccc3Cl)nn12. The highest BCUT2D eigenvalue weighted by molar-refractivity contribution is 6.31. The van der Waals surface area contributed by atoms with E-state index in [4.69, 9.17) is 17.3 Å². The summed E-state index contributed by atoms with van der Waals surface area (Å²) in [6, 6.07) is 13.5. The third-order valence-corrected chi connectivity index (χ3v) is 3.37. The molecule has 0 radical (unpaired) electrons. The zero-order valence-corrected chi connectivity index (χ0v) is 11.0. The Hall–Kier alpha value is -1.91. The first kappa shape index (κ1) is 12.1. The van der Waals surface area contributed by atoms with Gasteiger partial charge in [0, 0.05) is 18.0 Å². The van der Waals surface area contributed by atoms with Crippen LogP contribution in [0.2, 0.25) is 5.02 Å². The van der Waals surface area contributed by atoms with Crippen LogP contribution >= 0.6 is 11.6 Å². The first-order valence-corrected chi connectivity index (χ1v) is 6.43. The Bertz CT molecular complexity index is 720. The average molecular weight is 273 g/mol. The summed E-state index contributed by atoms with van der Waals surface area (Å²) in [5.41, 5.74) is 8.47. The van der Waals surface area contributed by atoms with Gasteiger partial charge in [-0.15, -0.1) is 0 Å². The van der Waals surface area contributed by atoms with Gasteiger partial charge in [-0.25, -0.2) is 9.50 Å².